The first-order valence-electron chi connectivity index (χ1n) is 7.33. The molecule has 106 valence electrons. The number of thioether (sulfide) groups is 1. The molecule has 2 unspecified atom stereocenters. The molecule has 1 N–H and O–H groups in total. The second-order valence-electron chi connectivity index (χ2n) is 5.29. The second kappa shape index (κ2) is 7.93. The summed E-state index contributed by atoms with van der Waals surface area (Å²) in [4.78, 5) is 1.37. The van der Waals surface area contributed by atoms with Crippen LogP contribution < -0.4 is 5.32 Å². The van der Waals surface area contributed by atoms with Crippen molar-refractivity contribution in [3.63, 3.8) is 0 Å². The van der Waals surface area contributed by atoms with Crippen molar-refractivity contribution in [1.29, 1.82) is 0 Å². The Morgan fingerprint density at radius 2 is 2.16 bits per heavy atom. The van der Waals surface area contributed by atoms with E-state index in [-0.39, 0.29) is 0 Å². The highest BCUT2D eigenvalue weighted by Crippen LogP contribution is 2.26. The Kier molecular flexibility index (Phi) is 6.21. The third-order valence-corrected chi connectivity index (χ3v) is 4.83. The highest BCUT2D eigenvalue weighted by atomic mass is 32.2. The molecule has 19 heavy (non-hydrogen) atoms. The van der Waals surface area contributed by atoms with Crippen molar-refractivity contribution in [2.75, 3.05) is 25.5 Å². The standard InChI is InChI=1S/C16H25NOS/c1-3-9-17-13(2)15-4-6-16(7-5-15)19-12-14-8-10-18-11-14/h4-7,13-14,17H,3,8-12H2,1-2H3. The van der Waals surface area contributed by atoms with Crippen LogP contribution in [-0.2, 0) is 4.74 Å². The minimum atomic E-state index is 0.447. The summed E-state index contributed by atoms with van der Waals surface area (Å²) >= 11 is 1.96. The lowest BCUT2D eigenvalue weighted by Crippen LogP contribution is -2.19. The lowest BCUT2D eigenvalue weighted by molar-refractivity contribution is 0.189. The van der Waals surface area contributed by atoms with Crippen molar-refractivity contribution in [3.8, 4) is 0 Å². The molecule has 0 aromatic heterocycles. The summed E-state index contributed by atoms with van der Waals surface area (Å²) in [6, 6.07) is 9.45. The van der Waals surface area contributed by atoms with Crippen molar-refractivity contribution in [2.24, 2.45) is 5.92 Å². The van der Waals surface area contributed by atoms with Gasteiger partial charge in [-0.25, -0.2) is 0 Å². The Bertz CT molecular complexity index is 360. The average molecular weight is 279 g/mol. The summed E-state index contributed by atoms with van der Waals surface area (Å²) in [5.74, 6) is 1.93. The monoisotopic (exact) mass is 279 g/mol. The van der Waals surface area contributed by atoms with Gasteiger partial charge < -0.3 is 10.1 Å². The van der Waals surface area contributed by atoms with Crippen LogP contribution in [0.1, 0.15) is 38.3 Å². The number of nitrogens with one attached hydrogen (secondary N) is 1. The summed E-state index contributed by atoms with van der Waals surface area (Å²) in [7, 11) is 0. The molecule has 2 rings (SSSR count). The average Bonchev–Trinajstić information content (AvgIpc) is 2.96. The van der Waals surface area contributed by atoms with Crippen molar-refractivity contribution in [2.45, 2.75) is 37.6 Å². The van der Waals surface area contributed by atoms with Crippen LogP contribution in [0.15, 0.2) is 29.2 Å². The number of hydrogen-bond acceptors (Lipinski definition) is 3. The molecule has 1 aromatic carbocycles. The lowest BCUT2D eigenvalue weighted by Gasteiger charge is -2.14. The molecule has 0 spiro atoms. The van der Waals surface area contributed by atoms with Gasteiger partial charge in [-0.1, -0.05) is 19.1 Å². The predicted octanol–water partition coefficient (Wildman–Crippen LogP) is 3.88. The minimum Gasteiger partial charge on any atom is -0.381 e. The second-order valence-corrected chi connectivity index (χ2v) is 6.38. The van der Waals surface area contributed by atoms with Gasteiger partial charge in [0.05, 0.1) is 6.61 Å². The number of ether oxygens (including phenoxy) is 1. The highest BCUT2D eigenvalue weighted by molar-refractivity contribution is 7.99. The Morgan fingerprint density at radius 1 is 1.37 bits per heavy atom. The third-order valence-electron chi connectivity index (χ3n) is 3.59. The van der Waals surface area contributed by atoms with E-state index >= 15 is 0 Å². The van der Waals surface area contributed by atoms with Crippen LogP contribution in [0.25, 0.3) is 0 Å². The molecule has 1 fully saturated rings. The molecule has 1 heterocycles. The maximum atomic E-state index is 5.41. The minimum absolute atomic E-state index is 0.447. The van der Waals surface area contributed by atoms with Gasteiger partial charge in [-0.2, -0.15) is 0 Å². The van der Waals surface area contributed by atoms with E-state index in [4.69, 9.17) is 4.74 Å². The summed E-state index contributed by atoms with van der Waals surface area (Å²) < 4.78 is 5.41. The Balaban J connectivity index is 1.80. The van der Waals surface area contributed by atoms with E-state index in [1.807, 2.05) is 11.8 Å². The van der Waals surface area contributed by atoms with Gasteiger partial charge in [0.2, 0.25) is 0 Å². The molecule has 2 atom stereocenters. The summed E-state index contributed by atoms with van der Waals surface area (Å²) in [6.07, 6.45) is 2.41. The zero-order valence-electron chi connectivity index (χ0n) is 12.0. The van der Waals surface area contributed by atoms with Gasteiger partial charge in [0.15, 0.2) is 0 Å². The van der Waals surface area contributed by atoms with Crippen molar-refractivity contribution in [1.82, 2.24) is 5.32 Å². The molecule has 0 aliphatic carbocycles. The summed E-state index contributed by atoms with van der Waals surface area (Å²) in [5.41, 5.74) is 1.38. The molecular formula is C16H25NOS. The van der Waals surface area contributed by atoms with Gasteiger partial charge >= 0.3 is 0 Å². The molecule has 1 aliphatic rings. The van der Waals surface area contributed by atoms with Gasteiger partial charge in [0.25, 0.3) is 0 Å². The topological polar surface area (TPSA) is 21.3 Å². The van der Waals surface area contributed by atoms with Crippen molar-refractivity contribution < 1.29 is 4.74 Å². The number of rotatable bonds is 7. The number of hydrogen-bond donors (Lipinski definition) is 1. The van der Waals surface area contributed by atoms with E-state index in [1.54, 1.807) is 0 Å². The zero-order chi connectivity index (χ0) is 13.5. The Morgan fingerprint density at radius 3 is 2.79 bits per heavy atom. The zero-order valence-corrected chi connectivity index (χ0v) is 12.8. The first kappa shape index (κ1) is 14.9. The largest absolute Gasteiger partial charge is 0.381 e. The SMILES string of the molecule is CCCNC(C)c1ccc(SCC2CCOC2)cc1. The number of benzene rings is 1. The fourth-order valence-electron chi connectivity index (χ4n) is 2.26. The maximum Gasteiger partial charge on any atom is 0.0503 e. The van der Waals surface area contributed by atoms with Crippen LogP contribution >= 0.6 is 11.8 Å². The fraction of sp³-hybridized carbons (Fsp3) is 0.625. The molecular weight excluding hydrogens is 254 g/mol. The van der Waals surface area contributed by atoms with E-state index in [2.05, 4.69) is 43.4 Å². The van der Waals surface area contributed by atoms with E-state index in [1.165, 1.54) is 29.1 Å². The quantitative estimate of drug-likeness (QED) is 0.765. The van der Waals surface area contributed by atoms with Gasteiger partial charge in [-0.3, -0.25) is 0 Å². The fourth-order valence-corrected chi connectivity index (χ4v) is 3.28. The van der Waals surface area contributed by atoms with Crippen LogP contribution in [0.3, 0.4) is 0 Å². The van der Waals surface area contributed by atoms with Gasteiger partial charge in [0.1, 0.15) is 0 Å². The molecule has 1 aromatic rings. The third kappa shape index (κ3) is 4.83. The van der Waals surface area contributed by atoms with Gasteiger partial charge in [0, 0.05) is 23.3 Å². The van der Waals surface area contributed by atoms with Gasteiger partial charge in [-0.15, -0.1) is 11.8 Å². The van der Waals surface area contributed by atoms with E-state index in [0.29, 0.717) is 6.04 Å². The van der Waals surface area contributed by atoms with E-state index < -0.39 is 0 Å². The lowest BCUT2D eigenvalue weighted by atomic mass is 10.1. The molecule has 0 bridgehead atoms. The summed E-state index contributed by atoms with van der Waals surface area (Å²) in [5, 5.41) is 3.52. The van der Waals surface area contributed by atoms with Crippen LogP contribution in [0.2, 0.25) is 0 Å². The molecule has 0 radical (unpaired) electrons. The molecule has 1 saturated heterocycles. The van der Waals surface area contributed by atoms with Crippen LogP contribution in [-0.4, -0.2) is 25.5 Å². The first-order chi connectivity index (χ1) is 9.29. The molecule has 0 saturated carbocycles. The van der Waals surface area contributed by atoms with E-state index in [0.717, 1.165) is 25.7 Å². The molecule has 1 aliphatic heterocycles. The normalized spacial score (nSPS) is 20.6. The predicted molar refractivity (Wildman–Crippen MR) is 82.8 cm³/mol. The van der Waals surface area contributed by atoms with Crippen LogP contribution in [0, 0.1) is 5.92 Å². The molecule has 3 heteroatoms. The van der Waals surface area contributed by atoms with Crippen molar-refractivity contribution in [3.05, 3.63) is 29.8 Å². The van der Waals surface area contributed by atoms with E-state index in [9.17, 15) is 0 Å². The van der Waals surface area contributed by atoms with Gasteiger partial charge in [-0.05, 0) is 49.9 Å². The van der Waals surface area contributed by atoms with Crippen LogP contribution in [0.4, 0.5) is 0 Å². The smallest absolute Gasteiger partial charge is 0.0503 e. The Labute approximate surface area is 121 Å². The molecule has 0 amide bonds. The Hall–Kier alpha value is -0.510. The summed E-state index contributed by atoms with van der Waals surface area (Å²) in [6.45, 7) is 7.41. The maximum absolute atomic E-state index is 5.41. The van der Waals surface area contributed by atoms with Crippen molar-refractivity contribution >= 4 is 11.8 Å². The van der Waals surface area contributed by atoms with Crippen LogP contribution in [0.5, 0.6) is 0 Å². The first-order valence-corrected chi connectivity index (χ1v) is 8.32. The highest BCUT2D eigenvalue weighted by Gasteiger charge is 2.15. The molecule has 2 nitrogen and oxygen atoms in total.